The minimum absolute atomic E-state index is 0.0231. The van der Waals surface area contributed by atoms with Crippen LogP contribution in [0.2, 0.25) is 0 Å². The van der Waals surface area contributed by atoms with E-state index in [4.69, 9.17) is 10.2 Å². The van der Waals surface area contributed by atoms with Gasteiger partial charge in [0.2, 0.25) is 5.91 Å². The van der Waals surface area contributed by atoms with E-state index >= 15 is 0 Å². The Bertz CT molecular complexity index is 890. The Morgan fingerprint density at radius 3 is 2.64 bits per heavy atom. The number of anilines is 1. The number of thioether (sulfide) groups is 1. The second-order valence-electron chi connectivity index (χ2n) is 7.30. The number of carboxylic acid groups (broad SMARTS) is 1. The molecule has 1 aromatic heterocycles. The van der Waals surface area contributed by atoms with Crippen molar-refractivity contribution in [1.29, 1.82) is 0 Å². The van der Waals surface area contributed by atoms with Crippen molar-refractivity contribution in [3.8, 4) is 0 Å². The number of nitrogens with zero attached hydrogens (tertiary/aromatic N) is 3. The topological polar surface area (TPSA) is 150 Å². The van der Waals surface area contributed by atoms with Crippen molar-refractivity contribution in [3.05, 3.63) is 22.6 Å². The number of β-lactam (4-membered cyclic amide) rings is 1. The van der Waals surface area contributed by atoms with E-state index in [1.165, 1.54) is 22.9 Å². The molecular formula is C17H20N4O6S. The third-order valence-corrected chi connectivity index (χ3v) is 6.92. The molecule has 4 heterocycles. The maximum Gasteiger partial charge on any atom is 0.353 e. The average Bonchev–Trinajstić information content (AvgIpc) is 3.13. The lowest BCUT2D eigenvalue weighted by molar-refractivity contribution is -0.163. The standard InChI is InChI=1S/C17H20N4O6S/c1-6-11-10(7(2)22)15(24)21(11)12(16(25)26)13(6)28-8-3-20(4-8)17-19-9(5-27-17)14(18)23/h5-8,10-11,22H,3-4H2,1-2H3,(H2,18,23)(H,25,26)/t6-,7-,10?,11?/m1/s1. The molecule has 0 aromatic carbocycles. The third kappa shape index (κ3) is 2.68. The molecule has 10 nitrogen and oxygen atoms in total. The smallest absolute Gasteiger partial charge is 0.353 e. The summed E-state index contributed by atoms with van der Waals surface area (Å²) < 4.78 is 5.25. The van der Waals surface area contributed by atoms with Gasteiger partial charge in [-0.1, -0.05) is 6.92 Å². The summed E-state index contributed by atoms with van der Waals surface area (Å²) in [7, 11) is 0. The number of aliphatic hydroxyl groups excluding tert-OH is 1. The van der Waals surface area contributed by atoms with Crippen LogP contribution in [0.1, 0.15) is 24.3 Å². The molecule has 2 saturated heterocycles. The lowest BCUT2D eigenvalue weighted by Gasteiger charge is -2.46. The molecular weight excluding hydrogens is 388 g/mol. The van der Waals surface area contributed by atoms with Crippen LogP contribution in [0.25, 0.3) is 0 Å². The van der Waals surface area contributed by atoms with E-state index in [2.05, 4.69) is 4.98 Å². The zero-order valence-electron chi connectivity index (χ0n) is 15.2. The van der Waals surface area contributed by atoms with E-state index in [1.807, 2.05) is 11.8 Å². The van der Waals surface area contributed by atoms with Crippen LogP contribution in [0, 0.1) is 11.8 Å². The van der Waals surface area contributed by atoms with Crippen LogP contribution in [-0.4, -0.2) is 68.4 Å². The van der Waals surface area contributed by atoms with Crippen LogP contribution in [-0.2, 0) is 9.59 Å². The van der Waals surface area contributed by atoms with E-state index in [9.17, 15) is 24.6 Å². The number of aromatic nitrogens is 1. The van der Waals surface area contributed by atoms with Crippen molar-refractivity contribution in [2.24, 2.45) is 17.6 Å². The monoisotopic (exact) mass is 408 g/mol. The van der Waals surface area contributed by atoms with Crippen LogP contribution in [0.4, 0.5) is 6.01 Å². The predicted molar refractivity (Wildman–Crippen MR) is 98.2 cm³/mol. The summed E-state index contributed by atoms with van der Waals surface area (Å²) in [5, 5.41) is 19.6. The number of carboxylic acids is 1. The lowest BCUT2D eigenvalue weighted by Crippen LogP contribution is -2.63. The van der Waals surface area contributed by atoms with Gasteiger partial charge in [0.1, 0.15) is 12.0 Å². The van der Waals surface area contributed by atoms with Gasteiger partial charge in [0, 0.05) is 29.2 Å². The molecule has 2 unspecified atom stereocenters. The molecule has 4 rings (SSSR count). The van der Waals surface area contributed by atoms with Crippen molar-refractivity contribution in [2.45, 2.75) is 31.2 Å². The first-order valence-corrected chi connectivity index (χ1v) is 9.74. The van der Waals surface area contributed by atoms with Crippen molar-refractivity contribution >= 4 is 35.6 Å². The van der Waals surface area contributed by atoms with Crippen molar-refractivity contribution in [2.75, 3.05) is 18.0 Å². The van der Waals surface area contributed by atoms with Gasteiger partial charge in [-0.3, -0.25) is 9.59 Å². The molecule has 3 aliphatic heterocycles. The first-order chi connectivity index (χ1) is 13.2. The van der Waals surface area contributed by atoms with Crippen LogP contribution < -0.4 is 10.6 Å². The zero-order valence-corrected chi connectivity index (χ0v) is 16.0. The number of hydrogen-bond acceptors (Lipinski definition) is 8. The van der Waals surface area contributed by atoms with Crippen molar-refractivity contribution in [3.63, 3.8) is 0 Å². The molecule has 0 spiro atoms. The molecule has 2 amide bonds. The highest BCUT2D eigenvalue weighted by atomic mass is 32.2. The van der Waals surface area contributed by atoms with E-state index < -0.39 is 23.9 Å². The summed E-state index contributed by atoms with van der Waals surface area (Å²) in [6.07, 6.45) is 0.383. The number of oxazole rings is 1. The Balaban J connectivity index is 1.47. The molecule has 0 saturated carbocycles. The fraction of sp³-hybridized carbons (Fsp3) is 0.529. The molecule has 0 bridgehead atoms. The van der Waals surface area contributed by atoms with Gasteiger partial charge in [-0.15, -0.1) is 11.8 Å². The highest BCUT2D eigenvalue weighted by Gasteiger charge is 2.60. The number of rotatable bonds is 6. The summed E-state index contributed by atoms with van der Waals surface area (Å²) in [4.78, 5) is 43.1. The van der Waals surface area contributed by atoms with Crippen LogP contribution in [0.15, 0.2) is 21.3 Å². The number of hydrogen-bond donors (Lipinski definition) is 3. The number of carbonyl (C=O) groups is 3. The van der Waals surface area contributed by atoms with Gasteiger partial charge in [0.05, 0.1) is 18.1 Å². The highest BCUT2D eigenvalue weighted by molar-refractivity contribution is 8.03. The second kappa shape index (κ2) is 6.52. The number of aliphatic hydroxyl groups is 1. The summed E-state index contributed by atoms with van der Waals surface area (Å²) in [5.74, 6) is -2.87. The van der Waals surface area contributed by atoms with E-state index in [1.54, 1.807) is 6.92 Å². The fourth-order valence-corrected chi connectivity index (χ4v) is 5.57. The largest absolute Gasteiger partial charge is 0.477 e. The first-order valence-electron chi connectivity index (χ1n) is 8.86. The van der Waals surface area contributed by atoms with Crippen molar-refractivity contribution in [1.82, 2.24) is 9.88 Å². The normalized spacial score (nSPS) is 28.1. The molecule has 11 heteroatoms. The van der Waals surface area contributed by atoms with Gasteiger partial charge in [-0.05, 0) is 6.92 Å². The SMILES string of the molecule is C[C@@H](O)C1C(=O)N2C(C(=O)O)=C(SC3CN(c4nc(C(N)=O)co4)C3)[C@H](C)C12. The van der Waals surface area contributed by atoms with E-state index in [0.717, 1.165) is 0 Å². The molecule has 0 radical (unpaired) electrons. The number of primary amides is 1. The maximum atomic E-state index is 12.3. The van der Waals surface area contributed by atoms with E-state index in [-0.39, 0.29) is 34.5 Å². The third-order valence-electron chi connectivity index (χ3n) is 5.47. The van der Waals surface area contributed by atoms with Crippen LogP contribution >= 0.6 is 11.8 Å². The van der Waals surface area contributed by atoms with Gasteiger partial charge >= 0.3 is 5.97 Å². The predicted octanol–water partition coefficient (Wildman–Crippen LogP) is -0.151. The summed E-state index contributed by atoms with van der Waals surface area (Å²) in [5.41, 5.74) is 5.24. The summed E-state index contributed by atoms with van der Waals surface area (Å²) >= 11 is 1.43. The van der Waals surface area contributed by atoms with Gasteiger partial charge < -0.3 is 30.2 Å². The quantitative estimate of drug-likeness (QED) is 0.546. The van der Waals surface area contributed by atoms with Gasteiger partial charge in [-0.2, -0.15) is 4.98 Å². The average molecular weight is 408 g/mol. The molecule has 2 fully saturated rings. The Labute approximate surface area is 164 Å². The summed E-state index contributed by atoms with van der Waals surface area (Å²) in [6.45, 7) is 4.57. The molecule has 4 atom stereocenters. The zero-order chi connectivity index (χ0) is 20.3. The maximum absolute atomic E-state index is 12.3. The van der Waals surface area contributed by atoms with Crippen LogP contribution in [0.3, 0.4) is 0 Å². The Morgan fingerprint density at radius 2 is 2.11 bits per heavy atom. The molecule has 0 aliphatic carbocycles. The molecule has 3 aliphatic rings. The van der Waals surface area contributed by atoms with Gasteiger partial charge in [-0.25, -0.2) is 4.79 Å². The van der Waals surface area contributed by atoms with Crippen LogP contribution in [0.5, 0.6) is 0 Å². The Hall–Kier alpha value is -2.53. The van der Waals surface area contributed by atoms with Gasteiger partial charge in [0.25, 0.3) is 11.9 Å². The molecule has 150 valence electrons. The lowest BCUT2D eigenvalue weighted by atomic mass is 9.79. The number of aliphatic carboxylic acids is 1. The number of nitrogens with two attached hydrogens (primary N) is 1. The highest BCUT2D eigenvalue weighted by Crippen LogP contribution is 2.52. The van der Waals surface area contributed by atoms with E-state index in [0.29, 0.717) is 24.0 Å². The van der Waals surface area contributed by atoms with Gasteiger partial charge in [0.15, 0.2) is 5.69 Å². The summed E-state index contributed by atoms with van der Waals surface area (Å²) in [6, 6.07) is -0.0205. The number of carbonyl (C=O) groups excluding carboxylic acids is 2. The fourth-order valence-electron chi connectivity index (χ4n) is 4.05. The first kappa shape index (κ1) is 18.8. The second-order valence-corrected chi connectivity index (χ2v) is 8.64. The molecule has 1 aromatic rings. The molecule has 4 N–H and O–H groups in total. The van der Waals surface area contributed by atoms with Crippen molar-refractivity contribution < 1.29 is 29.0 Å². The number of amides is 2. The minimum atomic E-state index is -1.13. The molecule has 28 heavy (non-hydrogen) atoms. The Kier molecular flexibility index (Phi) is 4.38. The number of fused-ring (bicyclic) bond motifs is 1. The minimum Gasteiger partial charge on any atom is -0.477 e. The Morgan fingerprint density at radius 1 is 1.43 bits per heavy atom.